The molecule has 0 radical (unpaired) electrons. The third kappa shape index (κ3) is 3.54. The van der Waals surface area contributed by atoms with E-state index in [9.17, 15) is 8.78 Å². The zero-order chi connectivity index (χ0) is 14.5. The van der Waals surface area contributed by atoms with Gasteiger partial charge in [0.15, 0.2) is 0 Å². The van der Waals surface area contributed by atoms with Crippen molar-refractivity contribution in [1.29, 1.82) is 0 Å². The fourth-order valence-corrected chi connectivity index (χ4v) is 1.98. The topological polar surface area (TPSA) is 35.2 Å². The van der Waals surface area contributed by atoms with E-state index in [0.717, 1.165) is 5.56 Å². The molecule has 1 unspecified atom stereocenters. The van der Waals surface area contributed by atoms with Gasteiger partial charge in [0, 0.05) is 6.04 Å². The minimum atomic E-state index is -0.602. The van der Waals surface area contributed by atoms with Gasteiger partial charge in [-0.25, -0.2) is 8.78 Å². The monoisotopic (exact) mass is 277 g/mol. The number of hydrogen-bond donors (Lipinski definition) is 1. The minimum absolute atomic E-state index is 0.00931. The molecular weight excluding hydrogens is 260 g/mol. The van der Waals surface area contributed by atoms with Crippen LogP contribution < -0.4 is 10.5 Å². The van der Waals surface area contributed by atoms with Crippen molar-refractivity contribution in [2.24, 2.45) is 5.73 Å². The van der Waals surface area contributed by atoms with Crippen LogP contribution in [0.1, 0.15) is 18.1 Å². The van der Waals surface area contributed by atoms with Crippen LogP contribution in [0.15, 0.2) is 42.5 Å². The predicted octanol–water partition coefficient (Wildman–Crippen LogP) is 3.43. The molecule has 2 rings (SSSR count). The molecule has 0 spiro atoms. The predicted molar refractivity (Wildman–Crippen MR) is 74.5 cm³/mol. The van der Waals surface area contributed by atoms with Crippen molar-refractivity contribution < 1.29 is 13.5 Å². The van der Waals surface area contributed by atoms with Gasteiger partial charge in [0.2, 0.25) is 0 Å². The van der Waals surface area contributed by atoms with Crippen molar-refractivity contribution in [1.82, 2.24) is 0 Å². The van der Waals surface area contributed by atoms with Crippen LogP contribution in [-0.4, -0.2) is 6.04 Å². The molecule has 4 heteroatoms. The lowest BCUT2D eigenvalue weighted by Gasteiger charge is -2.13. The Balaban J connectivity index is 2.15. The van der Waals surface area contributed by atoms with Gasteiger partial charge in [-0.1, -0.05) is 24.3 Å². The van der Waals surface area contributed by atoms with Gasteiger partial charge >= 0.3 is 0 Å². The normalized spacial score (nSPS) is 12.2. The Morgan fingerprint density at radius 2 is 1.70 bits per heavy atom. The summed E-state index contributed by atoms with van der Waals surface area (Å²) in [5.41, 5.74) is 6.64. The second kappa shape index (κ2) is 6.48. The highest BCUT2D eigenvalue weighted by molar-refractivity contribution is 5.34. The van der Waals surface area contributed by atoms with Gasteiger partial charge in [-0.3, -0.25) is 0 Å². The van der Waals surface area contributed by atoms with E-state index in [1.54, 1.807) is 6.07 Å². The minimum Gasteiger partial charge on any atom is -0.488 e. The molecule has 0 aliphatic rings. The number of para-hydroxylation sites is 1. The fraction of sp³-hybridized carbons (Fsp3) is 0.250. The summed E-state index contributed by atoms with van der Waals surface area (Å²) in [5, 5.41) is 0. The molecule has 2 aromatic carbocycles. The Morgan fingerprint density at radius 1 is 1.05 bits per heavy atom. The van der Waals surface area contributed by atoms with Gasteiger partial charge < -0.3 is 10.5 Å². The van der Waals surface area contributed by atoms with Crippen LogP contribution in [0.4, 0.5) is 8.78 Å². The average molecular weight is 277 g/mol. The maximum atomic E-state index is 13.5. The molecule has 2 aromatic rings. The Labute approximate surface area is 117 Å². The SMILES string of the molecule is CC(N)Cc1ccccc1OCc1c(F)cccc1F. The Hall–Kier alpha value is -1.94. The third-order valence-corrected chi connectivity index (χ3v) is 2.95. The summed E-state index contributed by atoms with van der Waals surface area (Å²) in [6, 6.07) is 11.1. The number of ether oxygens (including phenoxy) is 1. The summed E-state index contributed by atoms with van der Waals surface area (Å²) < 4.78 is 32.6. The largest absolute Gasteiger partial charge is 0.488 e. The maximum Gasteiger partial charge on any atom is 0.132 e. The Kier molecular flexibility index (Phi) is 4.69. The van der Waals surface area contributed by atoms with Gasteiger partial charge in [0.05, 0.1) is 5.56 Å². The molecule has 0 saturated carbocycles. The van der Waals surface area contributed by atoms with E-state index in [2.05, 4.69) is 0 Å². The van der Waals surface area contributed by atoms with Gasteiger partial charge in [0.1, 0.15) is 24.0 Å². The molecule has 0 bridgehead atoms. The second-order valence-electron chi connectivity index (χ2n) is 4.78. The Bertz CT molecular complexity index is 564. The second-order valence-corrected chi connectivity index (χ2v) is 4.78. The van der Waals surface area contributed by atoms with E-state index in [1.807, 2.05) is 25.1 Å². The van der Waals surface area contributed by atoms with Crippen LogP contribution in [0.25, 0.3) is 0 Å². The number of halogens is 2. The molecule has 0 saturated heterocycles. The van der Waals surface area contributed by atoms with E-state index < -0.39 is 11.6 Å². The molecule has 2 N–H and O–H groups in total. The van der Waals surface area contributed by atoms with E-state index in [0.29, 0.717) is 12.2 Å². The summed E-state index contributed by atoms with van der Waals surface area (Å²) in [6.07, 6.45) is 0.649. The summed E-state index contributed by atoms with van der Waals surface area (Å²) in [7, 11) is 0. The maximum absolute atomic E-state index is 13.5. The van der Waals surface area contributed by atoms with Crippen molar-refractivity contribution in [3.05, 3.63) is 65.2 Å². The molecule has 20 heavy (non-hydrogen) atoms. The van der Waals surface area contributed by atoms with Crippen LogP contribution in [0.2, 0.25) is 0 Å². The lowest BCUT2D eigenvalue weighted by molar-refractivity contribution is 0.289. The van der Waals surface area contributed by atoms with Gasteiger partial charge in [-0.05, 0) is 37.1 Å². The molecule has 0 amide bonds. The van der Waals surface area contributed by atoms with Crippen LogP contribution in [0.3, 0.4) is 0 Å². The van der Waals surface area contributed by atoms with Crippen LogP contribution in [-0.2, 0) is 13.0 Å². The molecule has 0 fully saturated rings. The molecule has 2 nitrogen and oxygen atoms in total. The van der Waals surface area contributed by atoms with Crippen molar-refractivity contribution >= 4 is 0 Å². The first-order valence-corrected chi connectivity index (χ1v) is 6.47. The lowest BCUT2D eigenvalue weighted by Crippen LogP contribution is -2.18. The quantitative estimate of drug-likeness (QED) is 0.908. The zero-order valence-electron chi connectivity index (χ0n) is 11.3. The molecule has 0 aromatic heterocycles. The highest BCUT2D eigenvalue weighted by atomic mass is 19.1. The van der Waals surface area contributed by atoms with E-state index in [-0.39, 0.29) is 18.2 Å². The first-order chi connectivity index (χ1) is 9.58. The first-order valence-electron chi connectivity index (χ1n) is 6.47. The van der Waals surface area contributed by atoms with Crippen LogP contribution in [0.5, 0.6) is 5.75 Å². The molecule has 1 atom stereocenters. The van der Waals surface area contributed by atoms with Gasteiger partial charge in [-0.2, -0.15) is 0 Å². The highest BCUT2D eigenvalue weighted by Crippen LogP contribution is 2.22. The standard InChI is InChI=1S/C16H17F2NO/c1-11(19)9-12-5-2-3-8-16(12)20-10-13-14(17)6-4-7-15(13)18/h2-8,11H,9-10,19H2,1H3. The smallest absolute Gasteiger partial charge is 0.132 e. The molecular formula is C16H17F2NO. The first kappa shape index (κ1) is 14.5. The number of rotatable bonds is 5. The van der Waals surface area contributed by atoms with Crippen molar-refractivity contribution in [3.8, 4) is 5.75 Å². The lowest BCUT2D eigenvalue weighted by atomic mass is 10.1. The highest BCUT2D eigenvalue weighted by Gasteiger charge is 2.11. The van der Waals surface area contributed by atoms with Gasteiger partial charge in [0.25, 0.3) is 0 Å². The fourth-order valence-electron chi connectivity index (χ4n) is 1.98. The molecule has 106 valence electrons. The van der Waals surface area contributed by atoms with E-state index >= 15 is 0 Å². The number of nitrogens with two attached hydrogens (primary N) is 1. The molecule has 0 aliphatic heterocycles. The Morgan fingerprint density at radius 3 is 2.35 bits per heavy atom. The zero-order valence-corrected chi connectivity index (χ0v) is 11.3. The van der Waals surface area contributed by atoms with Crippen molar-refractivity contribution in [3.63, 3.8) is 0 Å². The molecule has 0 aliphatic carbocycles. The number of benzene rings is 2. The third-order valence-electron chi connectivity index (χ3n) is 2.95. The van der Waals surface area contributed by atoms with Crippen molar-refractivity contribution in [2.45, 2.75) is 26.0 Å². The van der Waals surface area contributed by atoms with E-state index in [4.69, 9.17) is 10.5 Å². The van der Waals surface area contributed by atoms with Crippen LogP contribution >= 0.6 is 0 Å². The summed E-state index contributed by atoms with van der Waals surface area (Å²) in [5.74, 6) is -0.600. The summed E-state index contributed by atoms with van der Waals surface area (Å²) >= 11 is 0. The molecule has 0 heterocycles. The number of hydrogen-bond acceptors (Lipinski definition) is 2. The van der Waals surface area contributed by atoms with Crippen molar-refractivity contribution in [2.75, 3.05) is 0 Å². The summed E-state index contributed by atoms with van der Waals surface area (Å²) in [6.45, 7) is 1.75. The average Bonchev–Trinajstić information content (AvgIpc) is 2.39. The van der Waals surface area contributed by atoms with Gasteiger partial charge in [-0.15, -0.1) is 0 Å². The van der Waals surface area contributed by atoms with Crippen LogP contribution in [0, 0.1) is 11.6 Å². The van der Waals surface area contributed by atoms with E-state index in [1.165, 1.54) is 18.2 Å². The summed E-state index contributed by atoms with van der Waals surface area (Å²) in [4.78, 5) is 0.